The molecule has 1 nitrogen and oxygen atoms in total. The van der Waals surface area contributed by atoms with E-state index in [1.54, 1.807) is 0 Å². The van der Waals surface area contributed by atoms with Gasteiger partial charge in [-0.15, -0.1) is 0 Å². The number of fused-ring (bicyclic) bond motifs is 1. The zero-order chi connectivity index (χ0) is 16.4. The van der Waals surface area contributed by atoms with Crippen LogP contribution in [-0.2, 0) is 5.41 Å². The summed E-state index contributed by atoms with van der Waals surface area (Å²) in [7, 11) is 0. The Morgan fingerprint density at radius 3 is 1.79 bits per heavy atom. The van der Waals surface area contributed by atoms with Gasteiger partial charge >= 0.3 is 0 Å². The molecule has 1 aromatic heterocycles. The van der Waals surface area contributed by atoms with Gasteiger partial charge in [0.15, 0.2) is 0 Å². The van der Waals surface area contributed by atoms with Crippen LogP contribution < -0.4 is 0 Å². The maximum absolute atomic E-state index is 4.83. The van der Waals surface area contributed by atoms with Crippen molar-refractivity contribution in [3.63, 3.8) is 0 Å². The second-order valence-electron chi connectivity index (χ2n) is 6.24. The van der Waals surface area contributed by atoms with Crippen molar-refractivity contribution < 1.29 is 0 Å². The smallest absolute Gasteiger partial charge is 0.0628 e. The molecule has 0 aliphatic carbocycles. The van der Waals surface area contributed by atoms with Crippen molar-refractivity contribution in [1.82, 2.24) is 4.98 Å². The summed E-state index contributed by atoms with van der Waals surface area (Å²) in [6.45, 7) is 2.27. The van der Waals surface area contributed by atoms with Crippen molar-refractivity contribution >= 4 is 10.8 Å². The van der Waals surface area contributed by atoms with E-state index < -0.39 is 0 Å². The van der Waals surface area contributed by atoms with Crippen molar-refractivity contribution in [3.8, 4) is 0 Å². The van der Waals surface area contributed by atoms with Gasteiger partial charge in [-0.05, 0) is 29.5 Å². The van der Waals surface area contributed by atoms with Gasteiger partial charge in [0.05, 0.1) is 11.1 Å². The molecular formula is C23H19N. The van der Waals surface area contributed by atoms with Crippen LogP contribution in [0.2, 0.25) is 0 Å². The van der Waals surface area contributed by atoms with Gasteiger partial charge in [-0.1, -0.05) is 84.9 Å². The molecule has 0 atom stereocenters. The number of nitrogens with zero attached hydrogens (tertiary/aromatic N) is 1. The van der Waals surface area contributed by atoms with E-state index in [2.05, 4.69) is 97.9 Å². The third kappa shape index (κ3) is 2.30. The highest BCUT2D eigenvalue weighted by molar-refractivity contribution is 5.86. The summed E-state index contributed by atoms with van der Waals surface area (Å²) in [4.78, 5) is 4.83. The Hall–Kier alpha value is -2.93. The average molecular weight is 309 g/mol. The quantitative estimate of drug-likeness (QED) is 0.481. The molecule has 0 N–H and O–H groups in total. The molecule has 0 saturated heterocycles. The standard InChI is InChI=1S/C23H19N/c1-23(19-11-4-2-5-12-19,20-13-6-3-7-14-20)22-21-15-9-8-10-18(21)16-17-24-22/h2-17H,1H3. The highest BCUT2D eigenvalue weighted by Crippen LogP contribution is 2.40. The minimum atomic E-state index is -0.302. The van der Waals surface area contributed by atoms with E-state index in [0.29, 0.717) is 0 Å². The number of rotatable bonds is 3. The Morgan fingerprint density at radius 2 is 1.17 bits per heavy atom. The molecule has 4 aromatic rings. The van der Waals surface area contributed by atoms with E-state index >= 15 is 0 Å². The van der Waals surface area contributed by atoms with E-state index in [0.717, 1.165) is 5.69 Å². The third-order valence-corrected chi connectivity index (χ3v) is 4.85. The lowest BCUT2D eigenvalue weighted by Gasteiger charge is -2.31. The predicted octanol–water partition coefficient (Wildman–Crippen LogP) is 5.59. The SMILES string of the molecule is CC(c1ccccc1)(c1ccccc1)c1nccc2ccccc12. The van der Waals surface area contributed by atoms with Crippen molar-refractivity contribution in [2.24, 2.45) is 0 Å². The second-order valence-corrected chi connectivity index (χ2v) is 6.24. The van der Waals surface area contributed by atoms with Crippen LogP contribution in [0.4, 0.5) is 0 Å². The third-order valence-electron chi connectivity index (χ3n) is 4.85. The summed E-state index contributed by atoms with van der Waals surface area (Å²) in [5, 5.41) is 2.43. The van der Waals surface area contributed by atoms with Crippen LogP contribution in [0.5, 0.6) is 0 Å². The highest BCUT2D eigenvalue weighted by atomic mass is 14.7. The van der Waals surface area contributed by atoms with Gasteiger partial charge in [-0.3, -0.25) is 4.98 Å². The lowest BCUT2D eigenvalue weighted by atomic mass is 9.72. The van der Waals surface area contributed by atoms with Crippen molar-refractivity contribution in [2.75, 3.05) is 0 Å². The topological polar surface area (TPSA) is 12.9 Å². The van der Waals surface area contributed by atoms with Crippen molar-refractivity contribution in [1.29, 1.82) is 0 Å². The summed E-state index contributed by atoms with van der Waals surface area (Å²) in [6.07, 6.45) is 1.92. The predicted molar refractivity (Wildman–Crippen MR) is 100 cm³/mol. The zero-order valence-electron chi connectivity index (χ0n) is 13.7. The summed E-state index contributed by atoms with van der Waals surface area (Å²) in [5.41, 5.74) is 3.29. The van der Waals surface area contributed by atoms with E-state index in [1.165, 1.54) is 21.9 Å². The molecule has 0 fully saturated rings. The monoisotopic (exact) mass is 309 g/mol. The number of pyridine rings is 1. The van der Waals surface area contributed by atoms with Gasteiger partial charge in [0.2, 0.25) is 0 Å². The molecule has 0 bridgehead atoms. The number of hydrogen-bond acceptors (Lipinski definition) is 1. The van der Waals surface area contributed by atoms with Crippen LogP contribution >= 0.6 is 0 Å². The number of aromatic nitrogens is 1. The van der Waals surface area contributed by atoms with E-state index in [9.17, 15) is 0 Å². The fourth-order valence-electron chi connectivity index (χ4n) is 3.50. The molecule has 1 heteroatoms. The van der Waals surface area contributed by atoms with Crippen molar-refractivity contribution in [3.05, 3.63) is 114 Å². The first-order valence-electron chi connectivity index (χ1n) is 8.25. The van der Waals surface area contributed by atoms with E-state index in [-0.39, 0.29) is 5.41 Å². The Bertz CT molecular complexity index is 914. The average Bonchev–Trinajstić information content (AvgIpc) is 2.68. The maximum atomic E-state index is 4.83. The van der Waals surface area contributed by atoms with Crippen LogP contribution in [0.25, 0.3) is 10.8 Å². The first-order chi connectivity index (χ1) is 11.8. The number of hydrogen-bond donors (Lipinski definition) is 0. The fourth-order valence-corrected chi connectivity index (χ4v) is 3.50. The molecule has 0 radical (unpaired) electrons. The molecule has 0 amide bonds. The van der Waals surface area contributed by atoms with E-state index in [4.69, 9.17) is 4.98 Å². The largest absolute Gasteiger partial charge is 0.259 e. The van der Waals surface area contributed by atoms with Gasteiger partial charge in [0.1, 0.15) is 0 Å². The van der Waals surface area contributed by atoms with E-state index in [1.807, 2.05) is 6.20 Å². The Labute approximate surface area is 142 Å². The lowest BCUT2D eigenvalue weighted by Crippen LogP contribution is -2.27. The molecule has 24 heavy (non-hydrogen) atoms. The summed E-state index contributed by atoms with van der Waals surface area (Å²) in [5.74, 6) is 0. The molecule has 0 unspecified atom stereocenters. The van der Waals surface area contributed by atoms with Gasteiger partial charge in [-0.2, -0.15) is 0 Å². The molecular weight excluding hydrogens is 290 g/mol. The minimum Gasteiger partial charge on any atom is -0.259 e. The van der Waals surface area contributed by atoms with Crippen molar-refractivity contribution in [2.45, 2.75) is 12.3 Å². The molecule has 1 heterocycles. The summed E-state index contributed by atoms with van der Waals surface area (Å²) in [6, 6.07) is 31.8. The van der Waals surface area contributed by atoms with Crippen LogP contribution in [0, 0.1) is 0 Å². The molecule has 3 aromatic carbocycles. The first-order valence-corrected chi connectivity index (χ1v) is 8.25. The Balaban J connectivity index is 2.07. The molecule has 0 aliphatic rings. The van der Waals surface area contributed by atoms with Gasteiger partial charge in [0.25, 0.3) is 0 Å². The minimum absolute atomic E-state index is 0.302. The van der Waals surface area contributed by atoms with Gasteiger partial charge in [0, 0.05) is 11.6 Å². The van der Waals surface area contributed by atoms with Gasteiger partial charge in [-0.25, -0.2) is 0 Å². The van der Waals surface area contributed by atoms with Crippen LogP contribution in [0.15, 0.2) is 97.2 Å². The van der Waals surface area contributed by atoms with Crippen LogP contribution in [0.1, 0.15) is 23.7 Å². The summed E-state index contributed by atoms with van der Waals surface area (Å²) >= 11 is 0. The maximum Gasteiger partial charge on any atom is 0.0628 e. The molecule has 0 aliphatic heterocycles. The Kier molecular flexibility index (Phi) is 3.62. The summed E-state index contributed by atoms with van der Waals surface area (Å²) < 4.78 is 0. The second kappa shape index (κ2) is 5.93. The normalized spacial score (nSPS) is 11.5. The zero-order valence-corrected chi connectivity index (χ0v) is 13.7. The molecule has 116 valence electrons. The van der Waals surface area contributed by atoms with Crippen LogP contribution in [-0.4, -0.2) is 4.98 Å². The first kappa shape index (κ1) is 14.6. The fraction of sp³-hybridized carbons (Fsp3) is 0.0870. The Morgan fingerprint density at radius 1 is 0.625 bits per heavy atom. The van der Waals surface area contributed by atoms with Crippen LogP contribution in [0.3, 0.4) is 0 Å². The highest BCUT2D eigenvalue weighted by Gasteiger charge is 2.33. The molecule has 4 rings (SSSR count). The number of benzene rings is 3. The lowest BCUT2D eigenvalue weighted by molar-refractivity contribution is 0.673. The van der Waals surface area contributed by atoms with Gasteiger partial charge < -0.3 is 0 Å². The molecule has 0 spiro atoms. The molecule has 0 saturated carbocycles.